The highest BCUT2D eigenvalue weighted by Crippen LogP contribution is 2.15. The fourth-order valence-corrected chi connectivity index (χ4v) is 2.27. The summed E-state index contributed by atoms with van der Waals surface area (Å²) in [6.07, 6.45) is 2.12. The van der Waals surface area contributed by atoms with Gasteiger partial charge in [0.2, 0.25) is 11.8 Å². The molecule has 100 valence electrons. The van der Waals surface area contributed by atoms with Crippen molar-refractivity contribution in [3.63, 3.8) is 0 Å². The molecule has 0 bridgehead atoms. The maximum atomic E-state index is 12.1. The zero-order valence-corrected chi connectivity index (χ0v) is 12.0. The molecule has 2 amide bonds. The van der Waals surface area contributed by atoms with Crippen LogP contribution in [-0.4, -0.2) is 29.0 Å². The van der Waals surface area contributed by atoms with Gasteiger partial charge in [-0.05, 0) is 25.0 Å². The van der Waals surface area contributed by atoms with Gasteiger partial charge in [0, 0.05) is 22.9 Å². The first kappa shape index (κ1) is 13.9. The first-order valence-electron chi connectivity index (χ1n) is 6.20. The zero-order valence-electron chi connectivity index (χ0n) is 10.4. The number of carbonyl (C=O) groups excluding carboxylic acids is 3. The van der Waals surface area contributed by atoms with Gasteiger partial charge in [0.1, 0.15) is 0 Å². The van der Waals surface area contributed by atoms with Crippen LogP contribution in [0.15, 0.2) is 28.7 Å². The van der Waals surface area contributed by atoms with Crippen molar-refractivity contribution in [3.8, 4) is 0 Å². The summed E-state index contributed by atoms with van der Waals surface area (Å²) in [6, 6.07) is 6.89. The molecule has 0 aromatic heterocycles. The van der Waals surface area contributed by atoms with Crippen LogP contribution in [0, 0.1) is 0 Å². The Bertz CT molecular complexity index is 492. The van der Waals surface area contributed by atoms with Crippen LogP contribution in [0.2, 0.25) is 0 Å². The summed E-state index contributed by atoms with van der Waals surface area (Å²) in [4.78, 5) is 36.7. The van der Waals surface area contributed by atoms with E-state index in [4.69, 9.17) is 0 Å². The van der Waals surface area contributed by atoms with Gasteiger partial charge < -0.3 is 0 Å². The Morgan fingerprint density at radius 3 is 2.11 bits per heavy atom. The summed E-state index contributed by atoms with van der Waals surface area (Å²) >= 11 is 3.29. The second-order valence-corrected chi connectivity index (χ2v) is 5.43. The predicted octanol–water partition coefficient (Wildman–Crippen LogP) is 2.56. The van der Waals surface area contributed by atoms with Crippen molar-refractivity contribution >= 4 is 33.5 Å². The number of likely N-dealkylation sites (tertiary alicyclic amines) is 1. The van der Waals surface area contributed by atoms with Crippen LogP contribution >= 0.6 is 15.9 Å². The number of hydrogen-bond acceptors (Lipinski definition) is 3. The smallest absolute Gasteiger partial charge is 0.229 e. The van der Waals surface area contributed by atoms with Crippen LogP contribution in [0.1, 0.15) is 36.0 Å². The number of benzene rings is 1. The van der Waals surface area contributed by atoms with Crippen molar-refractivity contribution in [2.24, 2.45) is 0 Å². The molecule has 0 atom stereocenters. The summed E-state index contributed by atoms with van der Waals surface area (Å²) in [5.74, 6) is -0.697. The molecule has 0 unspecified atom stereocenters. The molecule has 1 aromatic rings. The molecule has 1 aliphatic rings. The van der Waals surface area contributed by atoms with Crippen LogP contribution in [0.5, 0.6) is 0 Å². The van der Waals surface area contributed by atoms with Crippen molar-refractivity contribution < 1.29 is 14.4 Å². The van der Waals surface area contributed by atoms with Gasteiger partial charge in [-0.1, -0.05) is 28.1 Å². The molecule has 0 spiro atoms. The number of imide groups is 1. The predicted molar refractivity (Wildman–Crippen MR) is 73.7 cm³/mol. The second-order valence-electron chi connectivity index (χ2n) is 4.51. The van der Waals surface area contributed by atoms with E-state index < -0.39 is 0 Å². The quantitative estimate of drug-likeness (QED) is 0.634. The topological polar surface area (TPSA) is 54.5 Å². The van der Waals surface area contributed by atoms with Crippen molar-refractivity contribution in [1.29, 1.82) is 0 Å². The largest absolute Gasteiger partial charge is 0.292 e. The van der Waals surface area contributed by atoms with E-state index in [1.165, 1.54) is 0 Å². The van der Waals surface area contributed by atoms with Crippen LogP contribution in [-0.2, 0) is 9.59 Å². The summed E-state index contributed by atoms with van der Waals surface area (Å²) in [5.41, 5.74) is 0.507. The fourth-order valence-electron chi connectivity index (χ4n) is 2.01. The van der Waals surface area contributed by atoms with Gasteiger partial charge in [-0.25, -0.2) is 0 Å². The number of nitrogens with zero attached hydrogens (tertiary/aromatic N) is 1. The third-order valence-electron chi connectivity index (χ3n) is 3.10. The van der Waals surface area contributed by atoms with Gasteiger partial charge in [0.25, 0.3) is 0 Å². The summed E-state index contributed by atoms with van der Waals surface area (Å²) in [7, 11) is 0. The first-order valence-corrected chi connectivity index (χ1v) is 6.99. The molecule has 0 saturated carbocycles. The van der Waals surface area contributed by atoms with E-state index in [9.17, 15) is 14.4 Å². The van der Waals surface area contributed by atoms with Gasteiger partial charge in [-0.2, -0.15) is 0 Å². The average Bonchev–Trinajstić information content (AvgIpc) is 2.54. The number of halogens is 1. The Balaban J connectivity index is 2.10. The number of rotatable bonds is 3. The minimum Gasteiger partial charge on any atom is -0.292 e. The zero-order chi connectivity index (χ0) is 13.8. The van der Waals surface area contributed by atoms with Gasteiger partial charge >= 0.3 is 0 Å². The highest BCUT2D eigenvalue weighted by atomic mass is 79.9. The van der Waals surface area contributed by atoms with Crippen molar-refractivity contribution in [2.75, 3.05) is 6.54 Å². The van der Waals surface area contributed by atoms with E-state index >= 15 is 0 Å². The van der Waals surface area contributed by atoms with Crippen molar-refractivity contribution in [3.05, 3.63) is 34.3 Å². The third-order valence-corrected chi connectivity index (χ3v) is 3.63. The molecule has 0 aliphatic carbocycles. The monoisotopic (exact) mass is 323 g/mol. The molecule has 1 aromatic carbocycles. The first-order chi connectivity index (χ1) is 9.08. The lowest BCUT2D eigenvalue weighted by atomic mass is 10.1. The van der Waals surface area contributed by atoms with Gasteiger partial charge in [0.15, 0.2) is 5.78 Å². The molecular formula is C14H14BrNO3. The molecule has 2 rings (SSSR count). The second kappa shape index (κ2) is 6.10. The van der Waals surface area contributed by atoms with Gasteiger partial charge in [0.05, 0.1) is 6.54 Å². The number of carbonyl (C=O) groups is 3. The van der Waals surface area contributed by atoms with E-state index in [1.807, 2.05) is 0 Å². The Morgan fingerprint density at radius 2 is 1.58 bits per heavy atom. The normalized spacial score (nSPS) is 16.4. The van der Waals surface area contributed by atoms with Crippen LogP contribution < -0.4 is 0 Å². The highest BCUT2D eigenvalue weighted by Gasteiger charge is 2.26. The van der Waals surface area contributed by atoms with E-state index in [0.29, 0.717) is 31.2 Å². The highest BCUT2D eigenvalue weighted by molar-refractivity contribution is 9.10. The lowest BCUT2D eigenvalue weighted by Crippen LogP contribution is -2.39. The maximum absolute atomic E-state index is 12.1. The summed E-state index contributed by atoms with van der Waals surface area (Å²) in [6.45, 7) is -0.153. The molecule has 19 heavy (non-hydrogen) atoms. The number of hydrogen-bond donors (Lipinski definition) is 0. The molecule has 5 heteroatoms. The van der Waals surface area contributed by atoms with E-state index in [-0.39, 0.29) is 24.1 Å². The number of Topliss-reactive ketones (excluding diaryl/α,β-unsaturated/α-hetero) is 1. The van der Waals surface area contributed by atoms with Crippen LogP contribution in [0.25, 0.3) is 0 Å². The Hall–Kier alpha value is -1.49. The number of amides is 2. The SMILES string of the molecule is O=C(CN1C(=O)CCCCC1=O)c1ccc(Br)cc1. The molecule has 1 saturated heterocycles. The minimum atomic E-state index is -0.243. The molecule has 0 radical (unpaired) electrons. The lowest BCUT2D eigenvalue weighted by molar-refractivity contribution is -0.143. The maximum Gasteiger partial charge on any atom is 0.229 e. The standard InChI is InChI=1S/C14H14BrNO3/c15-11-7-5-10(6-8-11)12(17)9-16-13(18)3-1-2-4-14(16)19/h5-8H,1-4,9H2. The average molecular weight is 324 g/mol. The molecule has 4 nitrogen and oxygen atoms in total. The Morgan fingerprint density at radius 1 is 1.05 bits per heavy atom. The molecule has 1 fully saturated rings. The lowest BCUT2D eigenvalue weighted by Gasteiger charge is -2.17. The molecule has 1 heterocycles. The van der Waals surface area contributed by atoms with Gasteiger partial charge in [-0.3, -0.25) is 19.3 Å². The molecular weight excluding hydrogens is 310 g/mol. The summed E-state index contributed by atoms with van der Waals surface area (Å²) in [5, 5.41) is 0. The Labute approximate surface area is 119 Å². The number of ketones is 1. The van der Waals surface area contributed by atoms with Crippen molar-refractivity contribution in [1.82, 2.24) is 4.90 Å². The van der Waals surface area contributed by atoms with Gasteiger partial charge in [-0.15, -0.1) is 0 Å². The third kappa shape index (κ3) is 3.50. The Kier molecular flexibility index (Phi) is 4.47. The van der Waals surface area contributed by atoms with Crippen LogP contribution in [0.4, 0.5) is 0 Å². The van der Waals surface area contributed by atoms with Crippen LogP contribution in [0.3, 0.4) is 0 Å². The molecule has 1 aliphatic heterocycles. The fraction of sp³-hybridized carbons (Fsp3) is 0.357. The van der Waals surface area contributed by atoms with E-state index in [1.54, 1.807) is 24.3 Å². The van der Waals surface area contributed by atoms with E-state index in [0.717, 1.165) is 9.37 Å². The summed E-state index contributed by atoms with van der Waals surface area (Å²) < 4.78 is 0.881. The molecule has 0 N–H and O–H groups in total. The van der Waals surface area contributed by atoms with Crippen molar-refractivity contribution in [2.45, 2.75) is 25.7 Å². The minimum absolute atomic E-state index is 0.153. The van der Waals surface area contributed by atoms with E-state index in [2.05, 4.69) is 15.9 Å².